The van der Waals surface area contributed by atoms with Crippen LogP contribution in [0, 0.1) is 6.92 Å². The molecule has 0 aliphatic heterocycles. The van der Waals surface area contributed by atoms with E-state index in [1.54, 1.807) is 0 Å². The van der Waals surface area contributed by atoms with Gasteiger partial charge in [0.2, 0.25) is 11.8 Å². The Balaban J connectivity index is 2.70. The van der Waals surface area contributed by atoms with Crippen molar-refractivity contribution in [1.29, 1.82) is 0 Å². The molecule has 0 aliphatic rings. The van der Waals surface area contributed by atoms with E-state index in [2.05, 4.69) is 20.0 Å². The van der Waals surface area contributed by atoms with Gasteiger partial charge in [0.15, 0.2) is 0 Å². The van der Waals surface area contributed by atoms with Crippen molar-refractivity contribution < 1.29 is 24.0 Å². The number of hydrogen-bond donors (Lipinski definition) is 3. The zero-order valence-corrected chi connectivity index (χ0v) is 8.84. The SMILES string of the molecule is Cc1nc(C(=O)NC(CC(N)=O)C(=O)O)no1. The number of carbonyl (C=O) groups excluding carboxylic acids is 2. The molecule has 0 bridgehead atoms. The molecule has 17 heavy (non-hydrogen) atoms. The number of rotatable bonds is 5. The number of nitrogens with two attached hydrogens (primary N) is 1. The number of nitrogens with one attached hydrogen (secondary N) is 1. The molecule has 1 rings (SSSR count). The van der Waals surface area contributed by atoms with Gasteiger partial charge in [-0.1, -0.05) is 5.16 Å². The summed E-state index contributed by atoms with van der Waals surface area (Å²) < 4.78 is 4.55. The van der Waals surface area contributed by atoms with Gasteiger partial charge in [-0.15, -0.1) is 0 Å². The molecular weight excluding hydrogens is 232 g/mol. The Morgan fingerprint density at radius 1 is 1.53 bits per heavy atom. The molecule has 9 nitrogen and oxygen atoms in total. The molecule has 4 N–H and O–H groups in total. The highest BCUT2D eigenvalue weighted by Crippen LogP contribution is 1.98. The van der Waals surface area contributed by atoms with Crippen LogP contribution in [-0.2, 0) is 9.59 Å². The van der Waals surface area contributed by atoms with Crippen LogP contribution in [0.2, 0.25) is 0 Å². The van der Waals surface area contributed by atoms with Crippen molar-refractivity contribution in [3.63, 3.8) is 0 Å². The average molecular weight is 242 g/mol. The van der Waals surface area contributed by atoms with Gasteiger partial charge in [0.25, 0.3) is 11.7 Å². The van der Waals surface area contributed by atoms with Crippen LogP contribution in [0.3, 0.4) is 0 Å². The molecule has 1 heterocycles. The molecule has 0 aliphatic carbocycles. The van der Waals surface area contributed by atoms with E-state index in [4.69, 9.17) is 10.8 Å². The maximum absolute atomic E-state index is 11.4. The van der Waals surface area contributed by atoms with Gasteiger partial charge in [-0.3, -0.25) is 9.59 Å². The molecule has 0 spiro atoms. The largest absolute Gasteiger partial charge is 0.480 e. The fourth-order valence-corrected chi connectivity index (χ4v) is 1.02. The highest BCUT2D eigenvalue weighted by Gasteiger charge is 2.24. The van der Waals surface area contributed by atoms with Crippen LogP contribution >= 0.6 is 0 Å². The van der Waals surface area contributed by atoms with Gasteiger partial charge in [0.1, 0.15) is 6.04 Å². The first-order chi connectivity index (χ1) is 7.90. The molecule has 0 saturated carbocycles. The van der Waals surface area contributed by atoms with Crippen molar-refractivity contribution in [2.24, 2.45) is 5.73 Å². The lowest BCUT2D eigenvalue weighted by Crippen LogP contribution is -2.43. The van der Waals surface area contributed by atoms with Gasteiger partial charge >= 0.3 is 5.97 Å². The summed E-state index contributed by atoms with van der Waals surface area (Å²) in [4.78, 5) is 36.4. The number of carboxylic acid groups (broad SMARTS) is 1. The van der Waals surface area contributed by atoms with Crippen molar-refractivity contribution in [1.82, 2.24) is 15.5 Å². The van der Waals surface area contributed by atoms with Crippen molar-refractivity contribution in [2.45, 2.75) is 19.4 Å². The molecule has 1 unspecified atom stereocenters. The molecule has 1 atom stereocenters. The molecule has 9 heteroatoms. The van der Waals surface area contributed by atoms with Crippen LogP contribution in [0.15, 0.2) is 4.52 Å². The normalized spacial score (nSPS) is 11.8. The van der Waals surface area contributed by atoms with Crippen LogP contribution < -0.4 is 11.1 Å². The van der Waals surface area contributed by atoms with Gasteiger partial charge in [0, 0.05) is 6.92 Å². The molecule has 0 fully saturated rings. The van der Waals surface area contributed by atoms with Crippen LogP contribution in [0.1, 0.15) is 22.9 Å². The molecule has 0 aromatic carbocycles. The van der Waals surface area contributed by atoms with E-state index in [9.17, 15) is 14.4 Å². The zero-order chi connectivity index (χ0) is 13.0. The number of primary amides is 1. The lowest BCUT2D eigenvalue weighted by atomic mass is 10.2. The minimum Gasteiger partial charge on any atom is -0.480 e. The number of hydrogen-bond acceptors (Lipinski definition) is 6. The Morgan fingerprint density at radius 2 is 2.18 bits per heavy atom. The maximum Gasteiger partial charge on any atom is 0.326 e. The number of amides is 2. The average Bonchev–Trinajstić information content (AvgIpc) is 2.63. The summed E-state index contributed by atoms with van der Waals surface area (Å²) in [6.45, 7) is 1.47. The van der Waals surface area contributed by atoms with Crippen LogP contribution in [0.25, 0.3) is 0 Å². The van der Waals surface area contributed by atoms with E-state index in [1.807, 2.05) is 0 Å². The van der Waals surface area contributed by atoms with Crippen molar-refractivity contribution in [2.75, 3.05) is 0 Å². The second kappa shape index (κ2) is 5.05. The third-order valence-corrected chi connectivity index (χ3v) is 1.74. The quantitative estimate of drug-likeness (QED) is 0.565. The smallest absolute Gasteiger partial charge is 0.326 e. The predicted octanol–water partition coefficient (Wildman–Crippen LogP) is -1.56. The molecule has 92 valence electrons. The summed E-state index contributed by atoms with van der Waals surface area (Å²) >= 11 is 0. The van der Waals surface area contributed by atoms with Crippen molar-refractivity contribution in [3.05, 3.63) is 11.7 Å². The predicted molar refractivity (Wildman–Crippen MR) is 51.7 cm³/mol. The van der Waals surface area contributed by atoms with E-state index in [1.165, 1.54) is 6.92 Å². The summed E-state index contributed by atoms with van der Waals surface area (Å²) in [6.07, 6.45) is -0.516. The molecule has 1 aromatic rings. The van der Waals surface area contributed by atoms with Gasteiger partial charge in [0.05, 0.1) is 6.42 Å². The second-order valence-corrected chi connectivity index (χ2v) is 3.17. The first-order valence-corrected chi connectivity index (χ1v) is 4.52. The summed E-state index contributed by atoms with van der Waals surface area (Å²) in [5, 5.41) is 14.1. The standard InChI is InChI=1S/C8H10N4O5/c1-3-10-6(12-17-3)7(14)11-4(8(15)16)2-5(9)13/h4H,2H2,1H3,(H2,9,13)(H,11,14)(H,15,16). The van der Waals surface area contributed by atoms with Gasteiger partial charge < -0.3 is 20.7 Å². The van der Waals surface area contributed by atoms with Crippen LogP contribution in [-0.4, -0.2) is 39.1 Å². The van der Waals surface area contributed by atoms with E-state index < -0.39 is 30.2 Å². The first kappa shape index (κ1) is 12.6. The van der Waals surface area contributed by atoms with Crippen molar-refractivity contribution in [3.8, 4) is 0 Å². The molecular formula is C8H10N4O5. The molecule has 1 aromatic heterocycles. The van der Waals surface area contributed by atoms with E-state index >= 15 is 0 Å². The molecule has 0 saturated heterocycles. The second-order valence-electron chi connectivity index (χ2n) is 3.17. The number of nitrogens with zero attached hydrogens (tertiary/aromatic N) is 2. The van der Waals surface area contributed by atoms with E-state index in [0.29, 0.717) is 0 Å². The Kier molecular flexibility index (Phi) is 3.75. The number of aryl methyl sites for hydroxylation is 1. The van der Waals surface area contributed by atoms with Crippen molar-refractivity contribution >= 4 is 17.8 Å². The highest BCUT2D eigenvalue weighted by atomic mass is 16.5. The molecule has 2 amide bonds. The zero-order valence-electron chi connectivity index (χ0n) is 8.84. The lowest BCUT2D eigenvalue weighted by molar-refractivity contribution is -0.140. The number of carbonyl (C=O) groups is 3. The third-order valence-electron chi connectivity index (χ3n) is 1.74. The van der Waals surface area contributed by atoms with E-state index in [-0.39, 0.29) is 11.7 Å². The summed E-state index contributed by atoms with van der Waals surface area (Å²) in [5.74, 6) is -3.22. The number of aliphatic carboxylic acids is 1. The Bertz CT molecular complexity index is 455. The minimum atomic E-state index is -1.42. The van der Waals surface area contributed by atoms with Gasteiger partial charge in [-0.05, 0) is 0 Å². The fourth-order valence-electron chi connectivity index (χ4n) is 1.02. The van der Waals surface area contributed by atoms with Crippen LogP contribution in [0.5, 0.6) is 0 Å². The lowest BCUT2D eigenvalue weighted by Gasteiger charge is -2.10. The Labute approximate surface area is 95.0 Å². The van der Waals surface area contributed by atoms with Gasteiger partial charge in [-0.25, -0.2) is 4.79 Å². The Morgan fingerprint density at radius 3 is 2.59 bits per heavy atom. The summed E-state index contributed by atoms with van der Waals surface area (Å²) in [7, 11) is 0. The number of carboxylic acids is 1. The maximum atomic E-state index is 11.4. The van der Waals surface area contributed by atoms with E-state index in [0.717, 1.165) is 0 Å². The van der Waals surface area contributed by atoms with Gasteiger partial charge in [-0.2, -0.15) is 4.98 Å². The fraction of sp³-hybridized carbons (Fsp3) is 0.375. The third kappa shape index (κ3) is 3.55. The summed E-state index contributed by atoms with van der Waals surface area (Å²) in [6, 6.07) is -1.42. The minimum absolute atomic E-state index is 0.164. The highest BCUT2D eigenvalue weighted by molar-refractivity contribution is 5.94. The molecule has 0 radical (unpaired) electrons. The first-order valence-electron chi connectivity index (χ1n) is 4.52. The number of aromatic nitrogens is 2. The topological polar surface area (TPSA) is 148 Å². The summed E-state index contributed by atoms with van der Waals surface area (Å²) in [5.41, 5.74) is 4.85. The Hall–Kier alpha value is -2.45. The van der Waals surface area contributed by atoms with Crippen LogP contribution in [0.4, 0.5) is 0 Å². The monoisotopic (exact) mass is 242 g/mol.